The lowest BCUT2D eigenvalue weighted by atomic mass is 10.1. The van der Waals surface area contributed by atoms with E-state index in [0.717, 1.165) is 0 Å². The SMILES string of the molecule is COc1c(Cl)cc(Cl)cc1-c1[nH]ncc1C=O. The summed E-state index contributed by atoms with van der Waals surface area (Å²) >= 11 is 11.9. The van der Waals surface area contributed by atoms with Crippen LogP contribution in [0, 0.1) is 0 Å². The number of hydrogen-bond donors (Lipinski definition) is 1. The topological polar surface area (TPSA) is 55.0 Å². The summed E-state index contributed by atoms with van der Waals surface area (Å²) in [6.45, 7) is 0. The second kappa shape index (κ2) is 4.77. The van der Waals surface area contributed by atoms with Gasteiger partial charge in [-0.05, 0) is 12.1 Å². The molecule has 1 N–H and O–H groups in total. The number of H-pyrrole nitrogens is 1. The molecule has 17 heavy (non-hydrogen) atoms. The highest BCUT2D eigenvalue weighted by atomic mass is 35.5. The van der Waals surface area contributed by atoms with Gasteiger partial charge in [-0.3, -0.25) is 9.89 Å². The van der Waals surface area contributed by atoms with E-state index >= 15 is 0 Å². The molecule has 0 atom stereocenters. The first-order valence-electron chi connectivity index (χ1n) is 4.69. The fourth-order valence-electron chi connectivity index (χ4n) is 1.55. The predicted molar refractivity (Wildman–Crippen MR) is 66.0 cm³/mol. The molecule has 1 heterocycles. The van der Waals surface area contributed by atoms with Gasteiger partial charge in [0.1, 0.15) is 5.75 Å². The number of carbonyl (C=O) groups is 1. The fourth-order valence-corrected chi connectivity index (χ4v) is 2.12. The Morgan fingerprint density at radius 1 is 1.41 bits per heavy atom. The van der Waals surface area contributed by atoms with E-state index in [0.29, 0.717) is 38.9 Å². The maximum atomic E-state index is 10.9. The van der Waals surface area contributed by atoms with Crippen molar-refractivity contribution in [2.75, 3.05) is 7.11 Å². The lowest BCUT2D eigenvalue weighted by Crippen LogP contribution is -1.92. The number of nitrogens with zero attached hydrogens (tertiary/aromatic N) is 1. The lowest BCUT2D eigenvalue weighted by molar-refractivity contribution is 0.112. The van der Waals surface area contributed by atoms with Gasteiger partial charge in [0, 0.05) is 10.6 Å². The lowest BCUT2D eigenvalue weighted by Gasteiger charge is -2.10. The third-order valence-electron chi connectivity index (χ3n) is 2.28. The van der Waals surface area contributed by atoms with Crippen molar-refractivity contribution in [1.82, 2.24) is 10.2 Å². The number of halogens is 2. The number of carbonyl (C=O) groups excluding carboxylic acids is 1. The second-order valence-corrected chi connectivity index (χ2v) is 4.13. The summed E-state index contributed by atoms with van der Waals surface area (Å²) < 4.78 is 5.20. The van der Waals surface area contributed by atoms with Crippen molar-refractivity contribution in [3.63, 3.8) is 0 Å². The van der Waals surface area contributed by atoms with E-state index in [2.05, 4.69) is 10.2 Å². The zero-order valence-corrected chi connectivity index (χ0v) is 10.3. The Kier molecular flexibility index (Phi) is 3.36. The number of aromatic amines is 1. The molecule has 0 amide bonds. The Hall–Kier alpha value is -1.52. The van der Waals surface area contributed by atoms with Crippen molar-refractivity contribution >= 4 is 29.5 Å². The highest BCUT2D eigenvalue weighted by molar-refractivity contribution is 6.36. The molecule has 0 aliphatic rings. The Balaban J connectivity index is 2.70. The van der Waals surface area contributed by atoms with E-state index in [9.17, 15) is 4.79 Å². The molecule has 4 nitrogen and oxygen atoms in total. The second-order valence-electron chi connectivity index (χ2n) is 3.29. The molecule has 1 aromatic carbocycles. The first-order chi connectivity index (χ1) is 8.17. The van der Waals surface area contributed by atoms with Gasteiger partial charge >= 0.3 is 0 Å². The van der Waals surface area contributed by atoms with Crippen LogP contribution in [0.3, 0.4) is 0 Å². The molecule has 6 heteroatoms. The minimum atomic E-state index is 0.376. The van der Waals surface area contributed by atoms with Gasteiger partial charge in [0.05, 0.1) is 29.6 Å². The normalized spacial score (nSPS) is 10.3. The van der Waals surface area contributed by atoms with Gasteiger partial charge in [-0.1, -0.05) is 23.2 Å². The van der Waals surface area contributed by atoms with E-state index < -0.39 is 0 Å². The van der Waals surface area contributed by atoms with Gasteiger partial charge < -0.3 is 4.74 Å². The number of aromatic nitrogens is 2. The molecule has 0 unspecified atom stereocenters. The van der Waals surface area contributed by atoms with Crippen molar-refractivity contribution in [2.24, 2.45) is 0 Å². The van der Waals surface area contributed by atoms with Crippen LogP contribution < -0.4 is 4.74 Å². The third kappa shape index (κ3) is 2.14. The minimum absolute atomic E-state index is 0.376. The largest absolute Gasteiger partial charge is 0.494 e. The van der Waals surface area contributed by atoms with Crippen LogP contribution in [-0.4, -0.2) is 23.6 Å². The average molecular weight is 271 g/mol. The molecule has 0 spiro atoms. The average Bonchev–Trinajstić information content (AvgIpc) is 2.75. The molecule has 0 radical (unpaired) electrons. The van der Waals surface area contributed by atoms with Crippen molar-refractivity contribution in [3.8, 4) is 17.0 Å². The van der Waals surface area contributed by atoms with Crippen molar-refractivity contribution < 1.29 is 9.53 Å². The summed E-state index contributed by atoms with van der Waals surface area (Å²) in [5, 5.41) is 7.36. The van der Waals surface area contributed by atoms with Crippen LogP contribution >= 0.6 is 23.2 Å². The molecular formula is C11H8Cl2N2O2. The molecule has 0 saturated heterocycles. The monoisotopic (exact) mass is 270 g/mol. The molecule has 88 valence electrons. The Morgan fingerprint density at radius 3 is 2.82 bits per heavy atom. The van der Waals surface area contributed by atoms with Crippen molar-refractivity contribution in [1.29, 1.82) is 0 Å². The van der Waals surface area contributed by atoms with Gasteiger partial charge in [0.2, 0.25) is 0 Å². The van der Waals surface area contributed by atoms with E-state index in [-0.39, 0.29) is 0 Å². The summed E-state index contributed by atoms with van der Waals surface area (Å²) in [5.41, 5.74) is 1.55. The first kappa shape index (κ1) is 12.0. The number of ether oxygens (including phenoxy) is 1. The standard InChI is InChI=1S/C11H8Cl2N2O2/c1-17-11-8(2-7(12)3-9(11)13)10-6(5-16)4-14-15-10/h2-5H,1H3,(H,14,15). The third-order valence-corrected chi connectivity index (χ3v) is 2.78. The van der Waals surface area contributed by atoms with Crippen LogP contribution in [0.2, 0.25) is 10.0 Å². The minimum Gasteiger partial charge on any atom is -0.494 e. The highest BCUT2D eigenvalue weighted by Gasteiger charge is 2.16. The van der Waals surface area contributed by atoms with Gasteiger partial charge in [-0.25, -0.2) is 0 Å². The summed E-state index contributed by atoms with van der Waals surface area (Å²) in [6.07, 6.45) is 2.13. The highest BCUT2D eigenvalue weighted by Crippen LogP contribution is 2.38. The molecule has 1 aromatic heterocycles. The predicted octanol–water partition coefficient (Wildman–Crippen LogP) is 3.20. The van der Waals surface area contributed by atoms with Gasteiger partial charge in [0.25, 0.3) is 0 Å². The Labute approximate surface area is 107 Å². The molecule has 0 saturated carbocycles. The van der Waals surface area contributed by atoms with Gasteiger partial charge in [-0.2, -0.15) is 5.10 Å². The van der Waals surface area contributed by atoms with E-state index in [1.54, 1.807) is 12.1 Å². The molecule has 0 fully saturated rings. The first-order valence-corrected chi connectivity index (χ1v) is 5.45. The smallest absolute Gasteiger partial charge is 0.153 e. The number of rotatable bonds is 3. The summed E-state index contributed by atoms with van der Waals surface area (Å²) in [6, 6.07) is 3.23. The quantitative estimate of drug-likeness (QED) is 0.872. The van der Waals surface area contributed by atoms with Gasteiger partial charge in [0.15, 0.2) is 6.29 Å². The zero-order valence-electron chi connectivity index (χ0n) is 8.83. The Bertz CT molecular complexity index is 567. The number of methoxy groups -OCH3 is 1. The van der Waals surface area contributed by atoms with Crippen LogP contribution in [0.25, 0.3) is 11.3 Å². The molecular weight excluding hydrogens is 263 g/mol. The number of nitrogens with one attached hydrogen (secondary N) is 1. The summed E-state index contributed by atoms with van der Waals surface area (Å²) in [4.78, 5) is 10.9. The maximum Gasteiger partial charge on any atom is 0.153 e. The van der Waals surface area contributed by atoms with Crippen LogP contribution in [0.4, 0.5) is 0 Å². The molecule has 2 aromatic rings. The Morgan fingerprint density at radius 2 is 2.18 bits per heavy atom. The number of hydrogen-bond acceptors (Lipinski definition) is 3. The zero-order chi connectivity index (χ0) is 12.4. The van der Waals surface area contributed by atoms with E-state index in [1.807, 2.05) is 0 Å². The summed E-state index contributed by atoms with van der Waals surface area (Å²) in [7, 11) is 1.50. The van der Waals surface area contributed by atoms with E-state index in [4.69, 9.17) is 27.9 Å². The van der Waals surface area contributed by atoms with Gasteiger partial charge in [-0.15, -0.1) is 0 Å². The molecule has 0 bridgehead atoms. The molecule has 2 rings (SSSR count). The summed E-state index contributed by atoms with van der Waals surface area (Å²) in [5.74, 6) is 0.448. The number of aldehydes is 1. The van der Waals surface area contributed by atoms with E-state index in [1.165, 1.54) is 13.3 Å². The number of benzene rings is 1. The van der Waals surface area contributed by atoms with Crippen LogP contribution in [-0.2, 0) is 0 Å². The van der Waals surface area contributed by atoms with Crippen LogP contribution in [0.15, 0.2) is 18.3 Å². The molecule has 0 aliphatic carbocycles. The van der Waals surface area contributed by atoms with Crippen LogP contribution in [0.5, 0.6) is 5.75 Å². The van der Waals surface area contributed by atoms with Crippen LogP contribution in [0.1, 0.15) is 10.4 Å². The fraction of sp³-hybridized carbons (Fsp3) is 0.0909. The maximum absolute atomic E-state index is 10.9. The van der Waals surface area contributed by atoms with Crippen molar-refractivity contribution in [3.05, 3.63) is 33.9 Å². The van der Waals surface area contributed by atoms with Crippen molar-refractivity contribution in [2.45, 2.75) is 0 Å². The molecule has 0 aliphatic heterocycles.